The van der Waals surface area contributed by atoms with Crippen molar-refractivity contribution in [2.75, 3.05) is 31.1 Å². The molecule has 0 aliphatic heterocycles. The Morgan fingerprint density at radius 2 is 0.969 bits per heavy atom. The van der Waals surface area contributed by atoms with Gasteiger partial charge in [0.1, 0.15) is 13.1 Å². The third-order valence-corrected chi connectivity index (χ3v) is 13.5. The summed E-state index contributed by atoms with van der Waals surface area (Å²) in [6.07, 6.45) is 19.0. The molecule has 7 rings (SSSR count). The van der Waals surface area contributed by atoms with Crippen molar-refractivity contribution in [1.29, 1.82) is 5.26 Å². The molecule has 0 aromatic heterocycles. The summed E-state index contributed by atoms with van der Waals surface area (Å²) < 4.78 is 2.61. The second-order valence-corrected chi connectivity index (χ2v) is 17.9. The molecule has 0 radical (unpaired) electrons. The molecule has 5 aromatic rings. The first-order valence-corrected chi connectivity index (χ1v) is 24.7. The predicted molar refractivity (Wildman–Crippen MR) is 269 cm³/mol. The highest BCUT2D eigenvalue weighted by atomic mass is 16.3. The Hall–Kier alpha value is -5.91. The van der Waals surface area contributed by atoms with Crippen LogP contribution in [0.1, 0.15) is 158 Å². The van der Waals surface area contributed by atoms with Crippen LogP contribution in [0.2, 0.25) is 0 Å². The van der Waals surface area contributed by atoms with Crippen molar-refractivity contribution in [3.05, 3.63) is 159 Å². The number of unbranched alkanes of at least 4 members (excludes halogenated alkanes) is 12. The van der Waals surface area contributed by atoms with E-state index in [1.807, 2.05) is 0 Å². The van der Waals surface area contributed by atoms with Crippen LogP contribution in [0.4, 0.5) is 5.69 Å². The molecule has 0 amide bonds. The Bertz CT molecular complexity index is 2510. The van der Waals surface area contributed by atoms with E-state index in [9.17, 15) is 5.26 Å². The molecule has 2 aliphatic rings. The molecule has 0 bridgehead atoms. The van der Waals surface area contributed by atoms with Gasteiger partial charge in [-0.1, -0.05) is 183 Å². The number of anilines is 1. The number of fused-ring (bicyclic) bond motifs is 4. The zero-order valence-electron chi connectivity index (χ0n) is 39.1. The van der Waals surface area contributed by atoms with Gasteiger partial charge in [-0.05, 0) is 82.0 Å². The van der Waals surface area contributed by atoms with Crippen LogP contribution in [0, 0.1) is 17.9 Å². The molecule has 64 heavy (non-hydrogen) atoms. The highest BCUT2D eigenvalue weighted by Gasteiger charge is 2.39. The zero-order valence-corrected chi connectivity index (χ0v) is 39.1. The monoisotopic (exact) mass is 849 g/mol. The van der Waals surface area contributed by atoms with E-state index in [1.54, 1.807) is 0 Å². The Balaban J connectivity index is 1.49. The van der Waals surface area contributed by atoms with E-state index in [-0.39, 0.29) is 11.5 Å². The van der Waals surface area contributed by atoms with Crippen LogP contribution in [0.5, 0.6) is 0 Å². The van der Waals surface area contributed by atoms with Crippen LogP contribution in [0.15, 0.2) is 120 Å². The van der Waals surface area contributed by atoms with Crippen molar-refractivity contribution in [1.82, 2.24) is 0 Å². The molecule has 0 N–H and O–H groups in total. The van der Waals surface area contributed by atoms with E-state index < -0.39 is 0 Å². The fraction of sp³-hybridized carbons (Fsp3) is 0.407. The van der Waals surface area contributed by atoms with E-state index in [0.717, 1.165) is 107 Å². The van der Waals surface area contributed by atoms with Gasteiger partial charge in [0, 0.05) is 42.3 Å². The topological polar surface area (TPSA) is 57.5 Å². The SMILES string of the molecule is [C-]#[N+]/C(C#N)=C1\C(=C2c3ccccc3C(=[N+](CCCCCC)CCCCCC)c3ccccc32)C([O-])=C1c1c2ccccc2c(N(CCCCCC)CCCCCC)c2ccccc12. The summed E-state index contributed by atoms with van der Waals surface area (Å²) in [6.45, 7) is 21.3. The van der Waals surface area contributed by atoms with Gasteiger partial charge in [-0.25, -0.2) is 14.7 Å². The molecule has 0 atom stereocenters. The minimum atomic E-state index is -0.107. The molecule has 0 unspecified atom stereocenters. The van der Waals surface area contributed by atoms with Gasteiger partial charge in [-0.3, -0.25) is 0 Å². The summed E-state index contributed by atoms with van der Waals surface area (Å²) >= 11 is 0. The second-order valence-electron chi connectivity index (χ2n) is 17.9. The molecule has 0 spiro atoms. The van der Waals surface area contributed by atoms with E-state index in [1.165, 1.54) is 88.4 Å². The van der Waals surface area contributed by atoms with E-state index in [0.29, 0.717) is 16.7 Å². The lowest BCUT2D eigenvalue weighted by Crippen LogP contribution is -2.31. The second kappa shape index (κ2) is 22.6. The first-order valence-electron chi connectivity index (χ1n) is 24.7. The third-order valence-electron chi connectivity index (χ3n) is 13.5. The number of nitrogens with zero attached hydrogens (tertiary/aromatic N) is 4. The molecule has 0 saturated carbocycles. The summed E-state index contributed by atoms with van der Waals surface area (Å²) in [5.74, 6) is -0.107. The third kappa shape index (κ3) is 9.47. The molecule has 0 heterocycles. The van der Waals surface area contributed by atoms with Crippen LogP contribution in [-0.4, -0.2) is 36.5 Å². The van der Waals surface area contributed by atoms with Gasteiger partial charge >= 0.3 is 0 Å². The molecule has 2 aliphatic carbocycles. The first-order chi connectivity index (χ1) is 31.5. The molecular formula is C59H68N4O. The summed E-state index contributed by atoms with van der Waals surface area (Å²) in [5, 5.41) is 30.5. The quantitative estimate of drug-likeness (QED) is 0.0225. The lowest BCUT2D eigenvalue weighted by Gasteiger charge is -2.41. The smallest absolute Gasteiger partial charge is 0.270 e. The lowest BCUT2D eigenvalue weighted by molar-refractivity contribution is -0.528. The van der Waals surface area contributed by atoms with Gasteiger partial charge in [0.05, 0.1) is 29.5 Å². The molecule has 5 aromatic carbocycles. The van der Waals surface area contributed by atoms with Crippen LogP contribution in [0.3, 0.4) is 0 Å². The van der Waals surface area contributed by atoms with Gasteiger partial charge in [0.2, 0.25) is 5.71 Å². The fourth-order valence-corrected chi connectivity index (χ4v) is 10.3. The maximum atomic E-state index is 15.6. The predicted octanol–water partition coefficient (Wildman–Crippen LogP) is 14.6. The van der Waals surface area contributed by atoms with E-state index in [4.69, 9.17) is 6.57 Å². The number of allylic oxidation sites excluding steroid dienone is 3. The number of benzene rings is 5. The molecular weight excluding hydrogens is 781 g/mol. The molecule has 330 valence electrons. The van der Waals surface area contributed by atoms with Gasteiger partial charge < -0.3 is 10.0 Å². The van der Waals surface area contributed by atoms with Crippen molar-refractivity contribution < 1.29 is 9.68 Å². The van der Waals surface area contributed by atoms with Crippen molar-refractivity contribution in [2.45, 2.75) is 130 Å². The van der Waals surface area contributed by atoms with E-state index in [2.05, 4.69) is 145 Å². The lowest BCUT2D eigenvalue weighted by atomic mass is 9.69. The number of nitriles is 1. The molecule has 5 heteroatoms. The number of rotatable bonds is 22. The van der Waals surface area contributed by atoms with Crippen LogP contribution in [0.25, 0.3) is 37.5 Å². The van der Waals surface area contributed by atoms with Gasteiger partial charge in [-0.15, -0.1) is 0 Å². The van der Waals surface area contributed by atoms with Crippen molar-refractivity contribution in [3.63, 3.8) is 0 Å². The van der Waals surface area contributed by atoms with Crippen molar-refractivity contribution in [2.24, 2.45) is 0 Å². The van der Waals surface area contributed by atoms with Gasteiger partial charge in [0.25, 0.3) is 5.70 Å². The van der Waals surface area contributed by atoms with Crippen LogP contribution in [-0.2, 0) is 0 Å². The summed E-state index contributed by atoms with van der Waals surface area (Å²) in [6, 6.07) is 36.3. The Morgan fingerprint density at radius 3 is 1.41 bits per heavy atom. The standard InChI is InChI=1S/C59H68N4O/c1-6-10-14-26-38-62(39-27-15-11-7-2)57-47-34-22-18-30-43(47)52(44-31-19-23-35-48(44)57)55-54(51(42-60)61-5)56(59(55)64)53-45-32-20-24-36-49(45)58(50-37-25-21-33-46(50)53)63(40-28-16-12-8-3)41-29-17-13-9-4/h18-25,30-37H,6-17,26-29,38-41H2,1-4H3. The Kier molecular flexibility index (Phi) is 16.3. The minimum absolute atomic E-state index is 0.0407. The largest absolute Gasteiger partial charge is 0.872 e. The summed E-state index contributed by atoms with van der Waals surface area (Å²) in [4.78, 5) is 6.49. The molecule has 0 saturated heterocycles. The summed E-state index contributed by atoms with van der Waals surface area (Å²) in [5.41, 5.74) is 9.65. The fourth-order valence-electron chi connectivity index (χ4n) is 10.3. The molecule has 0 fully saturated rings. The Labute approximate surface area is 384 Å². The normalized spacial score (nSPS) is 14.0. The van der Waals surface area contributed by atoms with Crippen LogP contribution >= 0.6 is 0 Å². The molecule has 5 nitrogen and oxygen atoms in total. The summed E-state index contributed by atoms with van der Waals surface area (Å²) in [7, 11) is 0. The van der Waals surface area contributed by atoms with E-state index >= 15 is 5.11 Å². The maximum Gasteiger partial charge on any atom is 0.270 e. The van der Waals surface area contributed by atoms with Gasteiger partial charge in [-0.2, -0.15) is 0 Å². The maximum absolute atomic E-state index is 15.6. The highest BCUT2D eigenvalue weighted by Crippen LogP contribution is 2.55. The van der Waals surface area contributed by atoms with Gasteiger partial charge in [0.15, 0.2) is 0 Å². The van der Waals surface area contributed by atoms with Crippen molar-refractivity contribution in [3.8, 4) is 6.07 Å². The first kappa shape index (κ1) is 46.1. The number of hydrogen-bond donors (Lipinski definition) is 0. The zero-order chi connectivity index (χ0) is 44.8. The average molecular weight is 849 g/mol. The van der Waals surface area contributed by atoms with Crippen molar-refractivity contribution >= 4 is 44.1 Å². The van der Waals surface area contributed by atoms with Crippen LogP contribution < -0.4 is 10.0 Å². The minimum Gasteiger partial charge on any atom is -0.872 e. The average Bonchev–Trinajstić information content (AvgIpc) is 3.33. The Morgan fingerprint density at radius 1 is 0.547 bits per heavy atom. The number of hydrogen-bond acceptors (Lipinski definition) is 3. The highest BCUT2D eigenvalue weighted by molar-refractivity contribution is 6.25.